The van der Waals surface area contributed by atoms with Gasteiger partial charge in [-0.05, 0) is 18.2 Å². The molecule has 0 aliphatic rings. The van der Waals surface area contributed by atoms with Crippen LogP contribution in [0.1, 0.15) is 16.2 Å². The lowest BCUT2D eigenvalue weighted by Crippen LogP contribution is -2.23. The molecule has 1 aromatic carbocycles. The zero-order chi connectivity index (χ0) is 11.4. The summed E-state index contributed by atoms with van der Waals surface area (Å²) in [5.74, 6) is 0.626. The Morgan fingerprint density at radius 3 is 3.06 bits per heavy atom. The predicted octanol–water partition coefficient (Wildman–Crippen LogP) is 2.10. The number of hydrogen-bond donors (Lipinski definition) is 2. The molecular weight excluding hydrogens is 270 g/mol. The fourth-order valence-electron chi connectivity index (χ4n) is 1.29. The van der Waals surface area contributed by atoms with Crippen molar-refractivity contribution in [3.63, 3.8) is 0 Å². The first-order valence-corrected chi connectivity index (χ1v) is 5.57. The topological polar surface area (TPSA) is 57.8 Å². The maximum absolute atomic E-state index is 11.7. The Morgan fingerprint density at radius 2 is 2.38 bits per heavy atom. The van der Waals surface area contributed by atoms with Gasteiger partial charge in [0.2, 0.25) is 0 Å². The first kappa shape index (κ1) is 10.9. The van der Waals surface area contributed by atoms with Gasteiger partial charge in [0.15, 0.2) is 0 Å². The van der Waals surface area contributed by atoms with Gasteiger partial charge in [-0.3, -0.25) is 4.79 Å². The van der Waals surface area contributed by atoms with Crippen molar-refractivity contribution in [1.29, 1.82) is 0 Å². The molecule has 0 atom stereocenters. The van der Waals surface area contributed by atoms with Gasteiger partial charge >= 0.3 is 0 Å². The summed E-state index contributed by atoms with van der Waals surface area (Å²) in [4.78, 5) is 18.7. The lowest BCUT2D eigenvalue weighted by molar-refractivity contribution is 0.0950. The monoisotopic (exact) mass is 279 g/mol. The molecule has 2 N–H and O–H groups in total. The number of nitrogens with one attached hydrogen (secondary N) is 2. The second kappa shape index (κ2) is 4.94. The van der Waals surface area contributed by atoms with E-state index in [0.29, 0.717) is 12.1 Å². The van der Waals surface area contributed by atoms with Crippen LogP contribution in [0.2, 0.25) is 0 Å². The fraction of sp³-hybridized carbons (Fsp3) is 0.0909. The van der Waals surface area contributed by atoms with Crippen molar-refractivity contribution < 1.29 is 4.79 Å². The van der Waals surface area contributed by atoms with Gasteiger partial charge in [0.05, 0.1) is 6.54 Å². The number of halogens is 1. The third-order valence-electron chi connectivity index (χ3n) is 2.06. The van der Waals surface area contributed by atoms with Crippen LogP contribution in [-0.4, -0.2) is 15.9 Å². The average Bonchev–Trinajstić information content (AvgIpc) is 2.78. The van der Waals surface area contributed by atoms with E-state index in [1.165, 1.54) is 0 Å². The molecule has 0 saturated heterocycles. The Morgan fingerprint density at radius 1 is 1.50 bits per heavy atom. The molecular formula is C11H10BrN3O. The number of carbonyl (C=O) groups is 1. The van der Waals surface area contributed by atoms with Crippen molar-refractivity contribution in [2.75, 3.05) is 0 Å². The Bertz CT molecular complexity index is 482. The summed E-state index contributed by atoms with van der Waals surface area (Å²) in [7, 11) is 0. The number of rotatable bonds is 3. The van der Waals surface area contributed by atoms with Crippen molar-refractivity contribution in [3.8, 4) is 0 Å². The number of hydrogen-bond acceptors (Lipinski definition) is 2. The SMILES string of the molecule is O=C(NCc1ncc[nH]1)c1cccc(Br)c1. The minimum absolute atomic E-state index is 0.113. The third-order valence-corrected chi connectivity index (χ3v) is 2.55. The van der Waals surface area contributed by atoms with E-state index in [1.807, 2.05) is 12.1 Å². The van der Waals surface area contributed by atoms with Crippen LogP contribution in [0.15, 0.2) is 41.1 Å². The molecule has 2 aromatic rings. The van der Waals surface area contributed by atoms with Gasteiger partial charge in [0.25, 0.3) is 5.91 Å². The number of amides is 1. The number of benzene rings is 1. The van der Waals surface area contributed by atoms with E-state index in [9.17, 15) is 4.79 Å². The second-order valence-corrected chi connectivity index (χ2v) is 4.14. The molecule has 82 valence electrons. The number of carbonyl (C=O) groups excluding carboxylic acids is 1. The molecule has 2 rings (SSSR count). The third kappa shape index (κ3) is 2.70. The van der Waals surface area contributed by atoms with E-state index >= 15 is 0 Å². The van der Waals surface area contributed by atoms with Crippen LogP contribution in [0.25, 0.3) is 0 Å². The number of imidazole rings is 1. The summed E-state index contributed by atoms with van der Waals surface area (Å²) in [6.07, 6.45) is 3.38. The molecule has 4 nitrogen and oxygen atoms in total. The molecule has 16 heavy (non-hydrogen) atoms. The first-order valence-electron chi connectivity index (χ1n) is 4.78. The van der Waals surface area contributed by atoms with Gasteiger partial charge in [-0.2, -0.15) is 0 Å². The molecule has 0 unspecified atom stereocenters. The van der Waals surface area contributed by atoms with Gasteiger partial charge in [-0.15, -0.1) is 0 Å². The molecule has 1 amide bonds. The normalized spacial score (nSPS) is 10.1. The van der Waals surface area contributed by atoms with Gasteiger partial charge in [0.1, 0.15) is 5.82 Å². The molecule has 1 heterocycles. The van der Waals surface area contributed by atoms with E-state index < -0.39 is 0 Å². The van der Waals surface area contributed by atoms with Gasteiger partial charge in [-0.25, -0.2) is 4.98 Å². The van der Waals surface area contributed by atoms with E-state index in [0.717, 1.165) is 10.3 Å². The summed E-state index contributed by atoms with van der Waals surface area (Å²) < 4.78 is 0.887. The number of H-pyrrole nitrogens is 1. The van der Waals surface area contributed by atoms with E-state index in [4.69, 9.17) is 0 Å². The zero-order valence-electron chi connectivity index (χ0n) is 8.40. The van der Waals surface area contributed by atoms with Crippen molar-refractivity contribution >= 4 is 21.8 Å². The molecule has 0 aliphatic carbocycles. The van der Waals surface area contributed by atoms with Crippen molar-refractivity contribution in [1.82, 2.24) is 15.3 Å². The van der Waals surface area contributed by atoms with Crippen molar-refractivity contribution in [2.24, 2.45) is 0 Å². The largest absolute Gasteiger partial charge is 0.347 e. The summed E-state index contributed by atoms with van der Waals surface area (Å²) in [6.45, 7) is 0.401. The molecule has 0 aliphatic heterocycles. The number of aromatic amines is 1. The lowest BCUT2D eigenvalue weighted by Gasteiger charge is -2.03. The van der Waals surface area contributed by atoms with Crippen molar-refractivity contribution in [2.45, 2.75) is 6.54 Å². The standard InChI is InChI=1S/C11H10BrN3O/c12-9-3-1-2-8(6-9)11(16)15-7-10-13-4-5-14-10/h1-6H,7H2,(H,13,14)(H,15,16). The summed E-state index contributed by atoms with van der Waals surface area (Å²) in [6, 6.07) is 7.24. The van der Waals surface area contributed by atoms with Crippen LogP contribution in [0.3, 0.4) is 0 Å². The number of aromatic nitrogens is 2. The fourth-order valence-corrected chi connectivity index (χ4v) is 1.69. The first-order chi connectivity index (χ1) is 7.75. The second-order valence-electron chi connectivity index (χ2n) is 3.23. The minimum Gasteiger partial charge on any atom is -0.347 e. The Labute approximate surface area is 101 Å². The van der Waals surface area contributed by atoms with Crippen LogP contribution < -0.4 is 5.32 Å². The van der Waals surface area contributed by atoms with Crippen LogP contribution >= 0.6 is 15.9 Å². The zero-order valence-corrected chi connectivity index (χ0v) is 9.99. The van der Waals surface area contributed by atoms with E-state index in [-0.39, 0.29) is 5.91 Å². The van der Waals surface area contributed by atoms with Crippen LogP contribution in [0, 0.1) is 0 Å². The minimum atomic E-state index is -0.113. The maximum atomic E-state index is 11.7. The molecule has 0 fully saturated rings. The molecule has 0 bridgehead atoms. The van der Waals surface area contributed by atoms with E-state index in [1.54, 1.807) is 24.5 Å². The van der Waals surface area contributed by atoms with Crippen LogP contribution in [0.4, 0.5) is 0 Å². The maximum Gasteiger partial charge on any atom is 0.251 e. The highest BCUT2D eigenvalue weighted by Gasteiger charge is 2.05. The summed E-state index contributed by atoms with van der Waals surface area (Å²) >= 11 is 3.32. The highest BCUT2D eigenvalue weighted by Crippen LogP contribution is 2.11. The summed E-state index contributed by atoms with van der Waals surface area (Å²) in [5, 5.41) is 2.78. The quantitative estimate of drug-likeness (QED) is 0.904. The predicted molar refractivity (Wildman–Crippen MR) is 63.9 cm³/mol. The smallest absolute Gasteiger partial charge is 0.251 e. The van der Waals surface area contributed by atoms with Gasteiger partial charge in [-0.1, -0.05) is 22.0 Å². The molecule has 5 heteroatoms. The lowest BCUT2D eigenvalue weighted by atomic mass is 10.2. The van der Waals surface area contributed by atoms with E-state index in [2.05, 4.69) is 31.2 Å². The average molecular weight is 280 g/mol. The van der Waals surface area contributed by atoms with Crippen molar-refractivity contribution in [3.05, 3.63) is 52.5 Å². The summed E-state index contributed by atoms with van der Waals surface area (Å²) in [5.41, 5.74) is 0.626. The Kier molecular flexibility index (Phi) is 3.36. The molecule has 0 saturated carbocycles. The van der Waals surface area contributed by atoms with Gasteiger partial charge < -0.3 is 10.3 Å². The van der Waals surface area contributed by atoms with Crippen LogP contribution in [0.5, 0.6) is 0 Å². The Hall–Kier alpha value is -1.62. The highest BCUT2D eigenvalue weighted by molar-refractivity contribution is 9.10. The Balaban J connectivity index is 1.98. The molecule has 0 spiro atoms. The molecule has 1 aromatic heterocycles. The van der Waals surface area contributed by atoms with Crippen LogP contribution in [-0.2, 0) is 6.54 Å². The molecule has 0 radical (unpaired) electrons. The number of nitrogens with zero attached hydrogens (tertiary/aromatic N) is 1. The highest BCUT2D eigenvalue weighted by atomic mass is 79.9. The van der Waals surface area contributed by atoms with Gasteiger partial charge in [0, 0.05) is 22.4 Å².